The van der Waals surface area contributed by atoms with Crippen LogP contribution in [0, 0.1) is 6.07 Å². The predicted molar refractivity (Wildman–Crippen MR) is 49.8 cm³/mol. The number of carbonyl (C=O) groups excluding carboxylic acids is 1. The van der Waals surface area contributed by atoms with Gasteiger partial charge in [-0.15, -0.1) is 0 Å². The van der Waals surface area contributed by atoms with Crippen molar-refractivity contribution >= 4 is 5.91 Å². The van der Waals surface area contributed by atoms with Crippen molar-refractivity contribution in [2.45, 2.75) is 6.92 Å². The van der Waals surface area contributed by atoms with E-state index in [2.05, 4.69) is 11.4 Å². The number of nitrogens with one attached hydrogen (secondary N) is 1. The van der Waals surface area contributed by atoms with E-state index >= 15 is 0 Å². The van der Waals surface area contributed by atoms with Crippen LogP contribution in [0.1, 0.15) is 17.3 Å². The zero-order valence-electron chi connectivity index (χ0n) is 7.76. The average molecular weight is 178 g/mol. The lowest BCUT2D eigenvalue weighted by Crippen LogP contribution is -2.17. The summed E-state index contributed by atoms with van der Waals surface area (Å²) in [6.07, 6.45) is 0. The van der Waals surface area contributed by atoms with Gasteiger partial charge >= 0.3 is 0 Å². The normalized spacial score (nSPS) is 9.38. The molecule has 1 rings (SSSR count). The number of hydrogen-bond acceptors (Lipinski definition) is 2. The Morgan fingerprint density at radius 1 is 1.62 bits per heavy atom. The van der Waals surface area contributed by atoms with Crippen LogP contribution in [0.4, 0.5) is 0 Å². The van der Waals surface area contributed by atoms with E-state index in [4.69, 9.17) is 4.74 Å². The van der Waals surface area contributed by atoms with E-state index in [0.717, 1.165) is 0 Å². The van der Waals surface area contributed by atoms with Crippen molar-refractivity contribution in [3.63, 3.8) is 0 Å². The lowest BCUT2D eigenvalue weighted by molar-refractivity contribution is 0.0962. The summed E-state index contributed by atoms with van der Waals surface area (Å²) in [6.45, 7) is 2.47. The first kappa shape index (κ1) is 9.58. The Hall–Kier alpha value is -1.51. The summed E-state index contributed by atoms with van der Waals surface area (Å²) in [4.78, 5) is 11.2. The summed E-state index contributed by atoms with van der Waals surface area (Å²) in [7, 11) is 1.59. The standard InChI is InChI=1S/C10H12NO2/c1-3-13-9-6-4-5-8(7-9)10(12)11-2/h4-6H,3H2,1-2H3,(H,11,12). The smallest absolute Gasteiger partial charge is 0.251 e. The summed E-state index contributed by atoms with van der Waals surface area (Å²) in [5, 5.41) is 2.52. The maximum Gasteiger partial charge on any atom is 0.251 e. The molecule has 69 valence electrons. The van der Waals surface area contributed by atoms with Gasteiger partial charge in [0.2, 0.25) is 0 Å². The Morgan fingerprint density at radius 3 is 3.00 bits per heavy atom. The molecule has 1 aromatic carbocycles. The van der Waals surface area contributed by atoms with Crippen molar-refractivity contribution in [3.05, 3.63) is 29.8 Å². The van der Waals surface area contributed by atoms with Gasteiger partial charge in [-0.25, -0.2) is 0 Å². The fourth-order valence-corrected chi connectivity index (χ4v) is 0.955. The molecule has 0 aromatic heterocycles. The molecule has 0 saturated heterocycles. The monoisotopic (exact) mass is 178 g/mol. The summed E-state index contributed by atoms with van der Waals surface area (Å²) in [5.41, 5.74) is 0.494. The van der Waals surface area contributed by atoms with E-state index in [1.165, 1.54) is 0 Å². The topological polar surface area (TPSA) is 38.3 Å². The van der Waals surface area contributed by atoms with E-state index in [1.807, 2.05) is 6.92 Å². The second-order valence-corrected chi connectivity index (χ2v) is 2.44. The lowest BCUT2D eigenvalue weighted by atomic mass is 10.2. The molecule has 3 nitrogen and oxygen atoms in total. The lowest BCUT2D eigenvalue weighted by Gasteiger charge is -2.03. The molecule has 0 atom stereocenters. The molecule has 0 aliphatic heterocycles. The largest absolute Gasteiger partial charge is 0.493 e. The van der Waals surface area contributed by atoms with Crippen LogP contribution >= 0.6 is 0 Å². The first-order chi connectivity index (χ1) is 6.27. The minimum Gasteiger partial charge on any atom is -0.493 e. The van der Waals surface area contributed by atoms with E-state index in [-0.39, 0.29) is 5.91 Å². The first-order valence-corrected chi connectivity index (χ1v) is 4.15. The van der Waals surface area contributed by atoms with Crippen molar-refractivity contribution in [2.24, 2.45) is 0 Å². The Balaban J connectivity index is 2.85. The molecule has 0 unspecified atom stereocenters. The minimum atomic E-state index is -0.151. The van der Waals surface area contributed by atoms with Gasteiger partial charge in [-0.3, -0.25) is 4.79 Å². The molecular weight excluding hydrogens is 166 g/mol. The zero-order chi connectivity index (χ0) is 9.68. The van der Waals surface area contributed by atoms with Gasteiger partial charge in [0.05, 0.1) is 12.2 Å². The summed E-state index contributed by atoms with van der Waals surface area (Å²) in [6, 6.07) is 8.10. The van der Waals surface area contributed by atoms with Crippen molar-refractivity contribution in [3.8, 4) is 5.75 Å². The summed E-state index contributed by atoms with van der Waals surface area (Å²) < 4.78 is 5.21. The van der Waals surface area contributed by atoms with Crippen molar-refractivity contribution in [1.82, 2.24) is 5.32 Å². The number of carbonyl (C=O) groups is 1. The van der Waals surface area contributed by atoms with Crippen LogP contribution in [0.25, 0.3) is 0 Å². The average Bonchev–Trinajstić information content (AvgIpc) is 2.18. The third-order valence-corrected chi connectivity index (χ3v) is 1.54. The fourth-order valence-electron chi connectivity index (χ4n) is 0.955. The van der Waals surface area contributed by atoms with Crippen LogP contribution in [0.2, 0.25) is 0 Å². The van der Waals surface area contributed by atoms with Crippen LogP contribution in [0.5, 0.6) is 5.75 Å². The Bertz CT molecular complexity index is 297. The predicted octanol–water partition coefficient (Wildman–Crippen LogP) is 1.25. The Morgan fingerprint density at radius 2 is 2.38 bits per heavy atom. The third-order valence-electron chi connectivity index (χ3n) is 1.54. The molecule has 13 heavy (non-hydrogen) atoms. The van der Waals surface area contributed by atoms with Gasteiger partial charge in [0.1, 0.15) is 5.75 Å². The number of rotatable bonds is 3. The SMILES string of the molecule is CCOc1[c]c(C(=O)NC)ccc1. The van der Waals surface area contributed by atoms with Crippen molar-refractivity contribution < 1.29 is 9.53 Å². The maximum absolute atomic E-state index is 11.2. The van der Waals surface area contributed by atoms with E-state index in [9.17, 15) is 4.79 Å². The van der Waals surface area contributed by atoms with Gasteiger partial charge in [-0.2, -0.15) is 0 Å². The molecule has 0 bridgehead atoms. The van der Waals surface area contributed by atoms with Crippen LogP contribution in [0.3, 0.4) is 0 Å². The van der Waals surface area contributed by atoms with Crippen molar-refractivity contribution in [2.75, 3.05) is 13.7 Å². The number of ether oxygens (including phenoxy) is 1. The molecule has 0 heterocycles. The van der Waals surface area contributed by atoms with Gasteiger partial charge in [-0.1, -0.05) is 6.07 Å². The molecule has 0 saturated carbocycles. The van der Waals surface area contributed by atoms with E-state index in [1.54, 1.807) is 25.2 Å². The summed E-state index contributed by atoms with van der Waals surface area (Å²) >= 11 is 0. The molecule has 0 aliphatic rings. The maximum atomic E-state index is 11.2. The molecule has 1 amide bonds. The third kappa shape index (κ3) is 2.47. The Kier molecular flexibility index (Phi) is 3.31. The van der Waals surface area contributed by atoms with Gasteiger partial charge in [0.25, 0.3) is 5.91 Å². The van der Waals surface area contributed by atoms with Gasteiger partial charge in [0.15, 0.2) is 0 Å². The van der Waals surface area contributed by atoms with Gasteiger partial charge in [0, 0.05) is 13.1 Å². The van der Waals surface area contributed by atoms with E-state index < -0.39 is 0 Å². The highest BCUT2D eigenvalue weighted by Crippen LogP contribution is 2.11. The summed E-state index contributed by atoms with van der Waals surface area (Å²) in [5.74, 6) is 0.449. The first-order valence-electron chi connectivity index (χ1n) is 4.15. The van der Waals surface area contributed by atoms with Crippen LogP contribution in [-0.4, -0.2) is 19.6 Å². The minimum absolute atomic E-state index is 0.151. The highest BCUT2D eigenvalue weighted by atomic mass is 16.5. The molecule has 0 aliphatic carbocycles. The zero-order valence-corrected chi connectivity index (χ0v) is 7.76. The fraction of sp³-hybridized carbons (Fsp3) is 0.300. The highest BCUT2D eigenvalue weighted by Gasteiger charge is 2.03. The molecule has 0 fully saturated rings. The van der Waals surface area contributed by atoms with Crippen LogP contribution < -0.4 is 10.1 Å². The second-order valence-electron chi connectivity index (χ2n) is 2.44. The quantitative estimate of drug-likeness (QED) is 0.756. The molecule has 1 N–H and O–H groups in total. The Labute approximate surface area is 77.7 Å². The molecular formula is C10H12NO2. The molecule has 3 heteroatoms. The number of benzene rings is 1. The number of amides is 1. The number of hydrogen-bond donors (Lipinski definition) is 1. The molecule has 0 spiro atoms. The van der Waals surface area contributed by atoms with Gasteiger partial charge < -0.3 is 10.1 Å². The van der Waals surface area contributed by atoms with Crippen LogP contribution in [0.15, 0.2) is 18.2 Å². The van der Waals surface area contributed by atoms with Crippen LogP contribution in [-0.2, 0) is 0 Å². The second kappa shape index (κ2) is 4.50. The van der Waals surface area contributed by atoms with E-state index in [0.29, 0.717) is 17.9 Å². The molecule has 1 aromatic rings. The van der Waals surface area contributed by atoms with Crippen molar-refractivity contribution in [1.29, 1.82) is 0 Å². The highest BCUT2D eigenvalue weighted by molar-refractivity contribution is 5.93. The molecule has 1 radical (unpaired) electrons. The van der Waals surface area contributed by atoms with Gasteiger partial charge in [-0.05, 0) is 19.1 Å².